The van der Waals surface area contributed by atoms with E-state index in [0.717, 1.165) is 17.9 Å². The minimum absolute atomic E-state index is 1.00. The molecule has 0 spiro atoms. The summed E-state index contributed by atoms with van der Waals surface area (Å²) in [7, 11) is 0. The maximum absolute atomic E-state index is 4.17. The van der Waals surface area contributed by atoms with Crippen LogP contribution in [0.4, 0.5) is 0 Å². The lowest BCUT2D eigenvalue weighted by Crippen LogP contribution is -1.76. The van der Waals surface area contributed by atoms with Crippen LogP contribution in [0.2, 0.25) is 0 Å². The predicted molar refractivity (Wildman–Crippen MR) is 49.1 cm³/mol. The Hall–Kier alpha value is -1.65. The maximum atomic E-state index is 4.17. The number of imidazole rings is 1. The van der Waals surface area contributed by atoms with E-state index in [1.165, 1.54) is 0 Å². The molecule has 2 aromatic heterocycles. The maximum Gasteiger partial charge on any atom is 0.103 e. The molecule has 5 heteroatoms. The molecular weight excluding hydrogens is 166 g/mol. The van der Waals surface area contributed by atoms with E-state index in [9.17, 15) is 0 Å². The summed E-state index contributed by atoms with van der Waals surface area (Å²) in [5.74, 6) is 1.00. The fourth-order valence-corrected chi connectivity index (χ4v) is 0.815. The Kier molecular flexibility index (Phi) is 3.69. The van der Waals surface area contributed by atoms with Crippen LogP contribution in [0.1, 0.15) is 18.4 Å². The molecule has 0 aliphatic rings. The van der Waals surface area contributed by atoms with E-state index in [-0.39, 0.29) is 0 Å². The monoisotopic (exact) mass is 179 g/mol. The Balaban J connectivity index is 0.000000145. The highest BCUT2D eigenvalue weighted by Crippen LogP contribution is 1.94. The van der Waals surface area contributed by atoms with Crippen molar-refractivity contribution in [2.75, 3.05) is 0 Å². The minimum Gasteiger partial charge on any atom is -0.349 e. The van der Waals surface area contributed by atoms with Crippen molar-refractivity contribution in [3.8, 4) is 0 Å². The van der Waals surface area contributed by atoms with Crippen LogP contribution in [0, 0.1) is 6.92 Å². The number of aryl methyl sites for hydroxylation is 2. The molecule has 0 radical (unpaired) electrons. The Morgan fingerprint density at radius 3 is 2.54 bits per heavy atom. The van der Waals surface area contributed by atoms with Gasteiger partial charge in [-0.2, -0.15) is 0 Å². The van der Waals surface area contributed by atoms with Gasteiger partial charge in [0.2, 0.25) is 0 Å². The zero-order valence-electron chi connectivity index (χ0n) is 7.78. The molecular formula is C8H13N5. The number of aromatic nitrogens is 5. The highest BCUT2D eigenvalue weighted by Gasteiger charge is 1.89. The highest BCUT2D eigenvalue weighted by molar-refractivity contribution is 4.98. The molecule has 2 heterocycles. The van der Waals surface area contributed by atoms with Gasteiger partial charge in [-0.3, -0.25) is 5.10 Å². The molecule has 0 saturated heterocycles. The molecule has 70 valence electrons. The molecule has 0 atom stereocenters. The van der Waals surface area contributed by atoms with Crippen molar-refractivity contribution in [1.29, 1.82) is 0 Å². The predicted octanol–water partition coefficient (Wildman–Crippen LogP) is 1.09. The lowest BCUT2D eigenvalue weighted by Gasteiger charge is -1.79. The number of hydrogen-bond acceptors (Lipinski definition) is 3. The summed E-state index contributed by atoms with van der Waals surface area (Å²) in [6, 6.07) is 0. The topological polar surface area (TPSA) is 70.2 Å². The van der Waals surface area contributed by atoms with Crippen LogP contribution in [-0.2, 0) is 6.42 Å². The van der Waals surface area contributed by atoms with Gasteiger partial charge in [0.1, 0.15) is 5.82 Å². The van der Waals surface area contributed by atoms with Crippen molar-refractivity contribution in [2.24, 2.45) is 0 Å². The number of H-pyrrole nitrogens is 2. The van der Waals surface area contributed by atoms with Gasteiger partial charge in [0.15, 0.2) is 0 Å². The summed E-state index contributed by atoms with van der Waals surface area (Å²) < 4.78 is 0. The zero-order chi connectivity index (χ0) is 9.52. The first-order valence-corrected chi connectivity index (χ1v) is 4.14. The number of hydrogen-bond donors (Lipinski definition) is 2. The largest absolute Gasteiger partial charge is 0.349 e. The van der Waals surface area contributed by atoms with Gasteiger partial charge in [0.25, 0.3) is 0 Å². The smallest absolute Gasteiger partial charge is 0.103 e. The zero-order valence-corrected chi connectivity index (χ0v) is 7.78. The molecule has 13 heavy (non-hydrogen) atoms. The van der Waals surface area contributed by atoms with Crippen LogP contribution in [-0.4, -0.2) is 25.4 Å². The van der Waals surface area contributed by atoms with Gasteiger partial charge in [-0.25, -0.2) is 4.98 Å². The van der Waals surface area contributed by atoms with Crippen LogP contribution >= 0.6 is 0 Å². The van der Waals surface area contributed by atoms with Gasteiger partial charge < -0.3 is 4.98 Å². The summed E-state index contributed by atoms with van der Waals surface area (Å²) in [5.41, 5.74) is 1.14. The second-order valence-electron chi connectivity index (χ2n) is 2.49. The average molecular weight is 179 g/mol. The summed E-state index contributed by atoms with van der Waals surface area (Å²) in [6.45, 7) is 4.05. The first kappa shape index (κ1) is 9.44. The minimum atomic E-state index is 1.00. The summed E-state index contributed by atoms with van der Waals surface area (Å²) in [6.07, 6.45) is 6.19. The van der Waals surface area contributed by atoms with E-state index in [0.29, 0.717) is 0 Å². The SMILES string of the molecule is CCc1c[nH]c(C)n1.c1c[nH]nn1. The number of nitrogens with zero attached hydrogens (tertiary/aromatic N) is 3. The standard InChI is InChI=1S/C6H10N2.C2H3N3/c1-3-6-4-7-5(2)8-6;1-2-4-5-3-1/h4H,3H2,1-2H3,(H,7,8);1-2H,(H,3,4,5). The van der Waals surface area contributed by atoms with Gasteiger partial charge >= 0.3 is 0 Å². The molecule has 0 aliphatic heterocycles. The lowest BCUT2D eigenvalue weighted by atomic mass is 10.4. The van der Waals surface area contributed by atoms with Crippen LogP contribution in [0.25, 0.3) is 0 Å². The third-order valence-electron chi connectivity index (χ3n) is 1.45. The van der Waals surface area contributed by atoms with Gasteiger partial charge in [-0.05, 0) is 13.3 Å². The fourth-order valence-electron chi connectivity index (χ4n) is 0.815. The first-order chi connectivity index (χ1) is 6.33. The van der Waals surface area contributed by atoms with Gasteiger partial charge in [0, 0.05) is 12.4 Å². The van der Waals surface area contributed by atoms with E-state index in [4.69, 9.17) is 0 Å². The van der Waals surface area contributed by atoms with Crippen molar-refractivity contribution in [3.05, 3.63) is 30.1 Å². The molecule has 2 N–H and O–H groups in total. The molecule has 0 aliphatic carbocycles. The molecule has 0 unspecified atom stereocenters. The van der Waals surface area contributed by atoms with Crippen LogP contribution in [0.5, 0.6) is 0 Å². The van der Waals surface area contributed by atoms with Crippen LogP contribution in [0.15, 0.2) is 18.6 Å². The van der Waals surface area contributed by atoms with E-state index in [1.807, 2.05) is 13.1 Å². The van der Waals surface area contributed by atoms with Gasteiger partial charge in [0.05, 0.1) is 11.9 Å². The van der Waals surface area contributed by atoms with Crippen LogP contribution < -0.4 is 0 Å². The number of aromatic amines is 2. The van der Waals surface area contributed by atoms with Gasteiger partial charge in [-0.1, -0.05) is 12.1 Å². The fraction of sp³-hybridized carbons (Fsp3) is 0.375. The molecule has 0 fully saturated rings. The van der Waals surface area contributed by atoms with Crippen molar-refractivity contribution in [2.45, 2.75) is 20.3 Å². The average Bonchev–Trinajstić information content (AvgIpc) is 2.76. The molecule has 5 nitrogen and oxygen atoms in total. The Bertz CT molecular complexity index is 294. The molecule has 0 saturated carbocycles. The van der Waals surface area contributed by atoms with E-state index < -0.39 is 0 Å². The first-order valence-electron chi connectivity index (χ1n) is 4.14. The lowest BCUT2D eigenvalue weighted by molar-refractivity contribution is 0.940. The van der Waals surface area contributed by atoms with Crippen LogP contribution in [0.3, 0.4) is 0 Å². The molecule has 0 amide bonds. The van der Waals surface area contributed by atoms with Crippen molar-refractivity contribution < 1.29 is 0 Å². The quantitative estimate of drug-likeness (QED) is 0.688. The summed E-state index contributed by atoms with van der Waals surface area (Å²) in [5, 5.41) is 9.26. The molecule has 0 bridgehead atoms. The van der Waals surface area contributed by atoms with Gasteiger partial charge in [-0.15, -0.1) is 5.10 Å². The summed E-state index contributed by atoms with van der Waals surface area (Å²) in [4.78, 5) is 7.18. The Labute approximate surface area is 76.6 Å². The second-order valence-corrected chi connectivity index (χ2v) is 2.49. The van der Waals surface area contributed by atoms with E-state index in [2.05, 4.69) is 32.3 Å². The highest BCUT2D eigenvalue weighted by atomic mass is 15.3. The molecule has 2 aromatic rings. The van der Waals surface area contributed by atoms with Crippen molar-refractivity contribution in [3.63, 3.8) is 0 Å². The molecule has 2 rings (SSSR count). The van der Waals surface area contributed by atoms with Crippen molar-refractivity contribution >= 4 is 0 Å². The summed E-state index contributed by atoms with van der Waals surface area (Å²) >= 11 is 0. The number of rotatable bonds is 1. The van der Waals surface area contributed by atoms with E-state index in [1.54, 1.807) is 12.4 Å². The number of nitrogens with one attached hydrogen (secondary N) is 2. The second kappa shape index (κ2) is 5.08. The van der Waals surface area contributed by atoms with E-state index >= 15 is 0 Å². The Morgan fingerprint density at radius 2 is 2.31 bits per heavy atom. The molecule has 0 aromatic carbocycles. The van der Waals surface area contributed by atoms with Crippen molar-refractivity contribution in [1.82, 2.24) is 25.4 Å². The third kappa shape index (κ3) is 3.50. The Morgan fingerprint density at radius 1 is 1.46 bits per heavy atom. The normalized spacial score (nSPS) is 9.08. The third-order valence-corrected chi connectivity index (χ3v) is 1.45.